The van der Waals surface area contributed by atoms with Gasteiger partial charge in [-0.05, 0) is 61.7 Å². The normalized spacial score (nSPS) is 16.2. The van der Waals surface area contributed by atoms with Crippen molar-refractivity contribution in [3.63, 3.8) is 0 Å². The Bertz CT molecular complexity index is 857. The second-order valence-electron chi connectivity index (χ2n) is 6.27. The Morgan fingerprint density at radius 2 is 1.72 bits per heavy atom. The molecular formula is C22H20O3. The number of allylic oxidation sites excluding steroid dienone is 3. The lowest BCUT2D eigenvalue weighted by Crippen LogP contribution is -2.04. The Labute approximate surface area is 147 Å². The summed E-state index contributed by atoms with van der Waals surface area (Å²) in [7, 11) is 0. The van der Waals surface area contributed by atoms with Crippen LogP contribution in [0.25, 0.3) is 0 Å². The van der Waals surface area contributed by atoms with Crippen molar-refractivity contribution in [2.75, 3.05) is 0 Å². The van der Waals surface area contributed by atoms with Gasteiger partial charge < -0.3 is 4.74 Å². The number of carbonyl (C=O) groups is 2. The minimum absolute atomic E-state index is 0.0541. The number of rotatable bonds is 5. The summed E-state index contributed by atoms with van der Waals surface area (Å²) in [6.45, 7) is 3.65. The number of carbonyl (C=O) groups excluding carboxylic acids is 2. The van der Waals surface area contributed by atoms with Crippen LogP contribution < -0.4 is 4.74 Å². The van der Waals surface area contributed by atoms with Crippen LogP contribution in [0.5, 0.6) is 5.75 Å². The van der Waals surface area contributed by atoms with E-state index < -0.39 is 0 Å². The molecule has 2 aromatic rings. The monoisotopic (exact) mass is 332 g/mol. The van der Waals surface area contributed by atoms with Gasteiger partial charge in [0.2, 0.25) is 0 Å². The topological polar surface area (TPSA) is 43.4 Å². The molecule has 0 radical (unpaired) electrons. The highest BCUT2D eigenvalue weighted by molar-refractivity contribution is 6.10. The highest BCUT2D eigenvalue weighted by Gasteiger charge is 2.11. The first-order chi connectivity index (χ1) is 12.0. The Morgan fingerprint density at radius 3 is 2.36 bits per heavy atom. The van der Waals surface area contributed by atoms with Gasteiger partial charge in [0.25, 0.3) is 0 Å². The average molecular weight is 332 g/mol. The van der Waals surface area contributed by atoms with Gasteiger partial charge in [-0.15, -0.1) is 0 Å². The molecule has 3 heteroatoms. The van der Waals surface area contributed by atoms with Crippen LogP contribution in [0.4, 0.5) is 0 Å². The van der Waals surface area contributed by atoms with Crippen molar-refractivity contribution in [3.8, 4) is 5.75 Å². The lowest BCUT2D eigenvalue weighted by molar-refractivity contribution is 0.101. The van der Waals surface area contributed by atoms with E-state index in [1.165, 1.54) is 6.92 Å². The fourth-order valence-corrected chi connectivity index (χ4v) is 2.64. The van der Waals surface area contributed by atoms with E-state index in [-0.39, 0.29) is 11.6 Å². The molecule has 0 saturated carbocycles. The van der Waals surface area contributed by atoms with Gasteiger partial charge in [0.1, 0.15) is 11.5 Å². The maximum Gasteiger partial charge on any atom is 0.193 e. The number of hydrogen-bond donors (Lipinski definition) is 0. The van der Waals surface area contributed by atoms with E-state index in [9.17, 15) is 9.59 Å². The first kappa shape index (κ1) is 16.9. The molecule has 0 amide bonds. The van der Waals surface area contributed by atoms with Crippen molar-refractivity contribution >= 4 is 11.6 Å². The molecule has 0 aliphatic heterocycles. The third kappa shape index (κ3) is 4.13. The molecule has 25 heavy (non-hydrogen) atoms. The van der Waals surface area contributed by atoms with Gasteiger partial charge in [-0.25, -0.2) is 0 Å². The van der Waals surface area contributed by atoms with E-state index in [0.29, 0.717) is 28.4 Å². The minimum atomic E-state index is -0.111. The highest BCUT2D eigenvalue weighted by atomic mass is 16.5. The smallest absolute Gasteiger partial charge is 0.193 e. The van der Waals surface area contributed by atoms with E-state index in [1.807, 2.05) is 6.08 Å². The first-order valence-corrected chi connectivity index (χ1v) is 8.35. The van der Waals surface area contributed by atoms with Crippen molar-refractivity contribution in [2.45, 2.75) is 20.3 Å². The van der Waals surface area contributed by atoms with Crippen LogP contribution in [-0.4, -0.2) is 11.6 Å². The van der Waals surface area contributed by atoms with Crippen LogP contribution in [0.1, 0.15) is 46.5 Å². The molecule has 0 spiro atoms. The van der Waals surface area contributed by atoms with E-state index in [2.05, 4.69) is 19.1 Å². The summed E-state index contributed by atoms with van der Waals surface area (Å²) in [5.41, 5.74) is 1.61. The molecule has 1 aliphatic carbocycles. The van der Waals surface area contributed by atoms with Crippen LogP contribution in [-0.2, 0) is 0 Å². The van der Waals surface area contributed by atoms with Crippen molar-refractivity contribution < 1.29 is 14.3 Å². The van der Waals surface area contributed by atoms with E-state index in [4.69, 9.17) is 4.74 Å². The molecule has 0 bridgehead atoms. The van der Waals surface area contributed by atoms with Crippen LogP contribution in [0, 0.1) is 5.92 Å². The van der Waals surface area contributed by atoms with Crippen molar-refractivity contribution in [3.05, 3.63) is 89.2 Å². The molecule has 0 N–H and O–H groups in total. The Balaban J connectivity index is 1.74. The van der Waals surface area contributed by atoms with Gasteiger partial charge >= 0.3 is 0 Å². The molecule has 126 valence electrons. The lowest BCUT2D eigenvalue weighted by Gasteiger charge is -2.13. The quantitative estimate of drug-likeness (QED) is 0.725. The molecular weight excluding hydrogens is 312 g/mol. The van der Waals surface area contributed by atoms with Gasteiger partial charge in [-0.2, -0.15) is 0 Å². The summed E-state index contributed by atoms with van der Waals surface area (Å²) >= 11 is 0. The van der Waals surface area contributed by atoms with Gasteiger partial charge in [0.05, 0.1) is 0 Å². The average Bonchev–Trinajstić information content (AvgIpc) is 2.64. The largest absolute Gasteiger partial charge is 0.458 e. The van der Waals surface area contributed by atoms with Gasteiger partial charge in [-0.1, -0.05) is 31.2 Å². The van der Waals surface area contributed by atoms with Crippen molar-refractivity contribution in [1.82, 2.24) is 0 Å². The van der Waals surface area contributed by atoms with Crippen LogP contribution in [0.15, 0.2) is 72.5 Å². The summed E-state index contributed by atoms with van der Waals surface area (Å²) in [6, 6.07) is 13.9. The molecule has 0 saturated heterocycles. The Morgan fingerprint density at radius 1 is 1.00 bits per heavy atom. The van der Waals surface area contributed by atoms with Gasteiger partial charge in [0.15, 0.2) is 11.6 Å². The molecule has 0 heterocycles. The molecule has 0 unspecified atom stereocenters. The summed E-state index contributed by atoms with van der Waals surface area (Å²) in [5, 5.41) is 0. The molecule has 1 aliphatic rings. The second kappa shape index (κ2) is 7.31. The van der Waals surface area contributed by atoms with Crippen LogP contribution in [0.2, 0.25) is 0 Å². The number of ketones is 2. The minimum Gasteiger partial charge on any atom is -0.458 e. The number of hydrogen-bond acceptors (Lipinski definition) is 3. The zero-order valence-corrected chi connectivity index (χ0v) is 14.4. The van der Waals surface area contributed by atoms with Gasteiger partial charge in [0, 0.05) is 16.7 Å². The fraction of sp³-hybridized carbons (Fsp3) is 0.182. The SMILES string of the molecule is CC(=O)c1cccc(C(=O)c2ccc(OC3=CC[C@@H](C)C=C3)cc2)c1. The van der Waals surface area contributed by atoms with Crippen molar-refractivity contribution in [1.29, 1.82) is 0 Å². The number of Topliss-reactive ketones (excluding diaryl/α,β-unsaturated/α-hetero) is 1. The lowest BCUT2D eigenvalue weighted by atomic mass is 10.00. The third-order valence-corrected chi connectivity index (χ3v) is 4.16. The van der Waals surface area contributed by atoms with E-state index in [1.54, 1.807) is 48.5 Å². The highest BCUT2D eigenvalue weighted by Crippen LogP contribution is 2.22. The predicted molar refractivity (Wildman–Crippen MR) is 98.0 cm³/mol. The van der Waals surface area contributed by atoms with E-state index in [0.717, 1.165) is 12.2 Å². The summed E-state index contributed by atoms with van der Waals surface area (Å²) < 4.78 is 5.81. The zero-order valence-electron chi connectivity index (χ0n) is 14.4. The summed E-state index contributed by atoms with van der Waals surface area (Å²) in [4.78, 5) is 24.1. The number of ether oxygens (including phenoxy) is 1. The molecule has 3 nitrogen and oxygen atoms in total. The summed E-state index contributed by atoms with van der Waals surface area (Å²) in [6.07, 6.45) is 7.13. The van der Waals surface area contributed by atoms with Gasteiger partial charge in [-0.3, -0.25) is 9.59 Å². The maximum atomic E-state index is 12.6. The van der Waals surface area contributed by atoms with Crippen LogP contribution >= 0.6 is 0 Å². The van der Waals surface area contributed by atoms with Crippen LogP contribution in [0.3, 0.4) is 0 Å². The molecule has 1 atom stereocenters. The molecule has 3 rings (SSSR count). The molecule has 0 fully saturated rings. The summed E-state index contributed by atoms with van der Waals surface area (Å²) in [5.74, 6) is 1.89. The first-order valence-electron chi connectivity index (χ1n) is 8.35. The molecule has 0 aromatic heterocycles. The Hall–Kier alpha value is -2.94. The fourth-order valence-electron chi connectivity index (χ4n) is 2.64. The predicted octanol–water partition coefficient (Wildman–Crippen LogP) is 4.98. The maximum absolute atomic E-state index is 12.6. The second-order valence-corrected chi connectivity index (χ2v) is 6.27. The Kier molecular flexibility index (Phi) is 4.94. The number of benzene rings is 2. The third-order valence-electron chi connectivity index (χ3n) is 4.16. The van der Waals surface area contributed by atoms with E-state index >= 15 is 0 Å². The van der Waals surface area contributed by atoms with Crippen molar-refractivity contribution in [2.24, 2.45) is 5.92 Å². The zero-order chi connectivity index (χ0) is 17.8. The standard InChI is InChI=1S/C22H20O3/c1-15-6-10-20(11-7-15)25-21-12-8-17(9-13-21)22(24)19-5-3-4-18(14-19)16(2)23/h3-6,8-15H,7H2,1-2H3/t15-/m0/s1. The molecule has 2 aromatic carbocycles.